The average molecular weight is 209 g/mol. The van der Waals surface area contributed by atoms with E-state index in [1.807, 2.05) is 13.8 Å². The first-order valence-electron chi connectivity index (χ1n) is 5.15. The smallest absolute Gasteiger partial charge is 0.165 e. The molecule has 0 amide bonds. The van der Waals surface area contributed by atoms with Crippen molar-refractivity contribution in [1.29, 1.82) is 0 Å². The van der Waals surface area contributed by atoms with Crippen LogP contribution in [0.3, 0.4) is 0 Å². The largest absolute Gasteiger partial charge is 0.505 e. The maximum atomic E-state index is 13.2. The zero-order valence-electron chi connectivity index (χ0n) is 9.05. The Morgan fingerprint density at radius 3 is 2.47 bits per heavy atom. The summed E-state index contributed by atoms with van der Waals surface area (Å²) in [6.07, 6.45) is 1.82. The van der Waals surface area contributed by atoms with Crippen LogP contribution in [0.4, 0.5) is 4.39 Å². The van der Waals surface area contributed by atoms with Gasteiger partial charge >= 0.3 is 0 Å². The molecule has 3 N–H and O–H groups in total. The van der Waals surface area contributed by atoms with Crippen LogP contribution in [-0.4, -0.2) is 10.6 Å². The first-order valence-corrected chi connectivity index (χ1v) is 5.15. The second-order valence-corrected chi connectivity index (χ2v) is 4.94. The van der Waals surface area contributed by atoms with Gasteiger partial charge < -0.3 is 10.8 Å². The van der Waals surface area contributed by atoms with Crippen molar-refractivity contribution in [3.8, 4) is 5.75 Å². The number of nitrogens with two attached hydrogens (primary N) is 1. The monoisotopic (exact) mass is 209 g/mol. The molecule has 0 atom stereocenters. The van der Waals surface area contributed by atoms with Gasteiger partial charge in [0.15, 0.2) is 11.6 Å². The molecule has 3 heteroatoms. The van der Waals surface area contributed by atoms with Gasteiger partial charge in [0.1, 0.15) is 0 Å². The molecule has 1 aliphatic rings. The molecule has 0 saturated heterocycles. The second-order valence-electron chi connectivity index (χ2n) is 4.94. The van der Waals surface area contributed by atoms with Gasteiger partial charge in [-0.1, -0.05) is 12.1 Å². The van der Waals surface area contributed by atoms with Crippen LogP contribution >= 0.6 is 0 Å². The zero-order chi connectivity index (χ0) is 11.3. The molecule has 1 aromatic rings. The molecule has 15 heavy (non-hydrogen) atoms. The Morgan fingerprint density at radius 1 is 1.40 bits per heavy atom. The maximum Gasteiger partial charge on any atom is 0.165 e. The minimum atomic E-state index is -0.567. The van der Waals surface area contributed by atoms with Gasteiger partial charge in [-0.25, -0.2) is 4.39 Å². The van der Waals surface area contributed by atoms with Crippen molar-refractivity contribution in [3.05, 3.63) is 29.6 Å². The van der Waals surface area contributed by atoms with Crippen LogP contribution in [0.15, 0.2) is 18.2 Å². The van der Waals surface area contributed by atoms with E-state index in [1.165, 1.54) is 6.07 Å². The van der Waals surface area contributed by atoms with E-state index < -0.39 is 11.4 Å². The Morgan fingerprint density at radius 2 is 2.00 bits per heavy atom. The summed E-state index contributed by atoms with van der Waals surface area (Å²) in [5.41, 5.74) is 6.06. The summed E-state index contributed by atoms with van der Waals surface area (Å²) in [5, 5.41) is 9.71. The van der Waals surface area contributed by atoms with Crippen LogP contribution in [0.5, 0.6) is 5.75 Å². The van der Waals surface area contributed by atoms with Crippen molar-refractivity contribution in [3.63, 3.8) is 0 Å². The van der Waals surface area contributed by atoms with Crippen LogP contribution in [0.25, 0.3) is 0 Å². The van der Waals surface area contributed by atoms with Crippen molar-refractivity contribution in [2.45, 2.75) is 37.6 Å². The van der Waals surface area contributed by atoms with Crippen molar-refractivity contribution in [2.75, 3.05) is 0 Å². The van der Waals surface area contributed by atoms with Crippen LogP contribution in [0.2, 0.25) is 0 Å². The third-order valence-electron chi connectivity index (χ3n) is 3.49. The van der Waals surface area contributed by atoms with Crippen molar-refractivity contribution < 1.29 is 9.50 Å². The van der Waals surface area contributed by atoms with E-state index >= 15 is 0 Å². The maximum absolute atomic E-state index is 13.2. The summed E-state index contributed by atoms with van der Waals surface area (Å²) >= 11 is 0. The fraction of sp³-hybridized carbons (Fsp3) is 0.500. The van der Waals surface area contributed by atoms with Crippen LogP contribution in [0.1, 0.15) is 32.3 Å². The predicted octanol–water partition coefficient (Wildman–Crippen LogP) is 2.30. The molecular weight excluding hydrogens is 193 g/mol. The Balaban J connectivity index is 2.51. The normalized spacial score (nSPS) is 18.9. The molecule has 1 fully saturated rings. The van der Waals surface area contributed by atoms with Crippen molar-refractivity contribution in [2.24, 2.45) is 5.73 Å². The first-order chi connectivity index (χ1) is 6.88. The number of phenols is 1. The lowest BCUT2D eigenvalue weighted by atomic mass is 9.79. The Bertz CT molecular complexity index is 391. The molecule has 0 bridgehead atoms. The highest BCUT2D eigenvalue weighted by Crippen LogP contribution is 2.57. The van der Waals surface area contributed by atoms with E-state index in [-0.39, 0.29) is 11.2 Å². The van der Waals surface area contributed by atoms with Crippen LogP contribution in [0, 0.1) is 5.82 Å². The number of hydrogen-bond acceptors (Lipinski definition) is 2. The summed E-state index contributed by atoms with van der Waals surface area (Å²) in [7, 11) is 0. The molecule has 2 rings (SSSR count). The van der Waals surface area contributed by atoms with Gasteiger partial charge in [-0.2, -0.15) is 0 Å². The quantitative estimate of drug-likeness (QED) is 0.785. The van der Waals surface area contributed by atoms with Gasteiger partial charge in [-0.05, 0) is 32.8 Å². The lowest BCUT2D eigenvalue weighted by Crippen LogP contribution is -2.45. The van der Waals surface area contributed by atoms with Gasteiger partial charge in [-0.3, -0.25) is 0 Å². The lowest BCUT2D eigenvalue weighted by Gasteiger charge is -2.31. The summed E-state index contributed by atoms with van der Waals surface area (Å²) < 4.78 is 13.2. The molecule has 1 saturated carbocycles. The second kappa shape index (κ2) is 2.95. The Kier molecular flexibility index (Phi) is 2.05. The number of benzene rings is 1. The zero-order valence-corrected chi connectivity index (χ0v) is 9.05. The van der Waals surface area contributed by atoms with Crippen molar-refractivity contribution in [1.82, 2.24) is 0 Å². The number of rotatable bonds is 2. The van der Waals surface area contributed by atoms with Crippen LogP contribution < -0.4 is 5.73 Å². The highest BCUT2D eigenvalue weighted by molar-refractivity contribution is 5.46. The van der Waals surface area contributed by atoms with E-state index in [2.05, 4.69) is 0 Å². The van der Waals surface area contributed by atoms with E-state index in [4.69, 9.17) is 5.73 Å². The van der Waals surface area contributed by atoms with Gasteiger partial charge in [0.2, 0.25) is 0 Å². The number of hydrogen-bond donors (Lipinski definition) is 2. The Hall–Kier alpha value is -1.09. The number of halogens is 1. The minimum absolute atomic E-state index is 0.242. The van der Waals surface area contributed by atoms with E-state index in [9.17, 15) is 9.50 Å². The van der Waals surface area contributed by atoms with Crippen LogP contribution in [-0.2, 0) is 5.41 Å². The Labute approximate surface area is 88.9 Å². The average Bonchev–Trinajstić information content (AvgIpc) is 2.89. The van der Waals surface area contributed by atoms with E-state index in [0.29, 0.717) is 5.56 Å². The number of aromatic hydroxyl groups is 1. The summed E-state index contributed by atoms with van der Waals surface area (Å²) in [5.74, 6) is -0.809. The molecule has 1 aromatic carbocycles. The SMILES string of the molecule is CC(C)(N)C1(c2cccc(F)c2O)CC1. The summed E-state index contributed by atoms with van der Waals surface area (Å²) in [6, 6.07) is 4.65. The molecule has 0 aliphatic heterocycles. The summed E-state index contributed by atoms with van der Waals surface area (Å²) in [6.45, 7) is 3.84. The van der Waals surface area contributed by atoms with E-state index in [0.717, 1.165) is 12.8 Å². The van der Waals surface area contributed by atoms with Crippen molar-refractivity contribution >= 4 is 0 Å². The van der Waals surface area contributed by atoms with Gasteiger partial charge in [0.25, 0.3) is 0 Å². The third kappa shape index (κ3) is 1.42. The molecule has 0 radical (unpaired) electrons. The lowest BCUT2D eigenvalue weighted by molar-refractivity contribution is 0.361. The third-order valence-corrected chi connectivity index (χ3v) is 3.49. The van der Waals surface area contributed by atoms with E-state index in [1.54, 1.807) is 12.1 Å². The summed E-state index contributed by atoms with van der Waals surface area (Å²) in [4.78, 5) is 0. The van der Waals surface area contributed by atoms with Gasteiger partial charge in [0, 0.05) is 16.5 Å². The minimum Gasteiger partial charge on any atom is -0.505 e. The van der Waals surface area contributed by atoms with Gasteiger partial charge in [-0.15, -0.1) is 0 Å². The highest BCUT2D eigenvalue weighted by atomic mass is 19.1. The number of phenolic OH excluding ortho intramolecular Hbond substituents is 1. The standard InChI is InChI=1S/C12H16FNO/c1-11(2,14)12(6-7-12)8-4-3-5-9(13)10(8)15/h3-5,15H,6-7,14H2,1-2H3. The first kappa shape index (κ1) is 10.4. The molecule has 0 heterocycles. The molecule has 0 unspecified atom stereocenters. The molecule has 0 spiro atoms. The predicted molar refractivity (Wildman–Crippen MR) is 57.2 cm³/mol. The highest BCUT2D eigenvalue weighted by Gasteiger charge is 2.55. The number of para-hydroxylation sites is 1. The van der Waals surface area contributed by atoms with Gasteiger partial charge in [0.05, 0.1) is 0 Å². The molecule has 2 nitrogen and oxygen atoms in total. The molecular formula is C12H16FNO. The fourth-order valence-corrected chi connectivity index (χ4v) is 2.29. The molecule has 0 aromatic heterocycles. The topological polar surface area (TPSA) is 46.2 Å². The fourth-order valence-electron chi connectivity index (χ4n) is 2.29. The molecule has 1 aliphatic carbocycles. The molecule has 82 valence electrons.